The standard InChI is InChI=1S/C32H39FN4O2/c1-4-8-24(28(33)5-2)21-37-16-7-10-26(14-17-37)34-32(3,38)25-9-6-11-29-27(20-25)31(36-35-29)23-12-13-30-22(19-23)15-18-39-30/h4-6,8,11-13,19-20,26,34,38H,2,7,9-10,14-18,21H2,1,3H3,(H,35,36). The molecule has 0 radical (unpaired) electrons. The number of nitrogens with zero attached hydrogens (tertiary/aromatic N) is 2. The summed E-state index contributed by atoms with van der Waals surface area (Å²) in [5.41, 5.74) is 5.42. The Balaban J connectivity index is 1.31. The van der Waals surface area contributed by atoms with Gasteiger partial charge in [0.05, 0.1) is 18.0 Å². The minimum absolute atomic E-state index is 0.150. The van der Waals surface area contributed by atoms with Gasteiger partial charge < -0.3 is 9.84 Å². The quantitative estimate of drug-likeness (QED) is 0.291. The fourth-order valence-corrected chi connectivity index (χ4v) is 5.80. The predicted octanol–water partition coefficient (Wildman–Crippen LogP) is 5.95. The first kappa shape index (κ1) is 27.3. The van der Waals surface area contributed by atoms with E-state index in [1.165, 1.54) is 11.6 Å². The Hall–Kier alpha value is -3.26. The minimum atomic E-state index is -1.18. The van der Waals surface area contributed by atoms with Crippen LogP contribution in [0, 0.1) is 0 Å². The molecule has 2 aliphatic heterocycles. The largest absolute Gasteiger partial charge is 0.493 e. The molecule has 1 aromatic carbocycles. The van der Waals surface area contributed by atoms with Crippen molar-refractivity contribution in [1.29, 1.82) is 0 Å². The molecule has 0 saturated carbocycles. The number of allylic oxidation sites excluding steroid dienone is 4. The summed E-state index contributed by atoms with van der Waals surface area (Å²) in [5, 5.41) is 23.0. The lowest BCUT2D eigenvalue weighted by Gasteiger charge is -2.32. The van der Waals surface area contributed by atoms with Crippen LogP contribution in [-0.2, 0) is 6.42 Å². The van der Waals surface area contributed by atoms with Crippen LogP contribution in [0.4, 0.5) is 4.39 Å². The second kappa shape index (κ2) is 11.9. The highest BCUT2D eigenvalue weighted by Crippen LogP contribution is 2.35. The minimum Gasteiger partial charge on any atom is -0.493 e. The monoisotopic (exact) mass is 530 g/mol. The van der Waals surface area contributed by atoms with Gasteiger partial charge in [0.25, 0.3) is 0 Å². The molecule has 39 heavy (non-hydrogen) atoms. The van der Waals surface area contributed by atoms with Crippen molar-refractivity contribution in [3.8, 4) is 17.0 Å². The van der Waals surface area contributed by atoms with E-state index in [-0.39, 0.29) is 11.9 Å². The number of hydrogen-bond acceptors (Lipinski definition) is 5. The smallest absolute Gasteiger partial charge is 0.136 e. The van der Waals surface area contributed by atoms with Crippen LogP contribution in [0.2, 0.25) is 0 Å². The van der Waals surface area contributed by atoms with E-state index < -0.39 is 5.72 Å². The zero-order valence-electron chi connectivity index (χ0n) is 23.0. The van der Waals surface area contributed by atoms with Crippen molar-refractivity contribution in [2.24, 2.45) is 0 Å². The summed E-state index contributed by atoms with van der Waals surface area (Å²) < 4.78 is 19.9. The second-order valence-corrected chi connectivity index (χ2v) is 10.8. The molecular formula is C32H39FN4O2. The number of aliphatic hydroxyl groups is 1. The van der Waals surface area contributed by atoms with E-state index in [1.807, 2.05) is 44.2 Å². The third-order valence-corrected chi connectivity index (χ3v) is 7.92. The highest BCUT2D eigenvalue weighted by molar-refractivity contribution is 5.80. The molecule has 1 aliphatic carbocycles. The van der Waals surface area contributed by atoms with E-state index in [2.05, 4.69) is 45.2 Å². The number of rotatable bonds is 8. The third kappa shape index (κ3) is 6.16. The Morgan fingerprint density at radius 2 is 2.23 bits per heavy atom. The van der Waals surface area contributed by atoms with E-state index >= 15 is 0 Å². The number of H-pyrrole nitrogens is 1. The van der Waals surface area contributed by atoms with Crippen LogP contribution in [0.15, 0.2) is 66.1 Å². The number of halogens is 1. The van der Waals surface area contributed by atoms with Crippen LogP contribution in [0.5, 0.6) is 5.75 Å². The maximum absolute atomic E-state index is 14.3. The number of nitrogens with one attached hydrogen (secondary N) is 2. The summed E-state index contributed by atoms with van der Waals surface area (Å²) in [6.45, 7) is 10.3. The Morgan fingerprint density at radius 3 is 3.05 bits per heavy atom. The number of fused-ring (bicyclic) bond motifs is 2. The van der Waals surface area contributed by atoms with Crippen LogP contribution in [0.1, 0.15) is 56.4 Å². The lowest BCUT2D eigenvalue weighted by molar-refractivity contribution is 0.0453. The highest BCUT2D eigenvalue weighted by Gasteiger charge is 2.31. The second-order valence-electron chi connectivity index (χ2n) is 10.8. The van der Waals surface area contributed by atoms with Crippen molar-refractivity contribution in [1.82, 2.24) is 20.4 Å². The molecule has 0 spiro atoms. The van der Waals surface area contributed by atoms with Gasteiger partial charge >= 0.3 is 0 Å². The molecule has 1 aromatic heterocycles. The van der Waals surface area contributed by atoms with Crippen molar-refractivity contribution in [3.63, 3.8) is 0 Å². The lowest BCUT2D eigenvalue weighted by atomic mass is 9.95. The van der Waals surface area contributed by atoms with Crippen molar-refractivity contribution in [2.75, 3.05) is 26.2 Å². The number of ether oxygens (including phenoxy) is 1. The summed E-state index contributed by atoms with van der Waals surface area (Å²) in [7, 11) is 0. The lowest BCUT2D eigenvalue weighted by Crippen LogP contribution is -2.49. The van der Waals surface area contributed by atoms with Gasteiger partial charge in [-0.2, -0.15) is 5.10 Å². The number of benzene rings is 1. The molecule has 1 fully saturated rings. The van der Waals surface area contributed by atoms with Crippen LogP contribution in [-0.4, -0.2) is 58.2 Å². The van der Waals surface area contributed by atoms with Gasteiger partial charge in [0.15, 0.2) is 0 Å². The van der Waals surface area contributed by atoms with Crippen LogP contribution >= 0.6 is 0 Å². The van der Waals surface area contributed by atoms with Crippen LogP contribution in [0.25, 0.3) is 23.4 Å². The molecule has 6 nitrogen and oxygen atoms in total. The van der Waals surface area contributed by atoms with Crippen molar-refractivity contribution >= 4 is 12.2 Å². The van der Waals surface area contributed by atoms with Crippen LogP contribution < -0.4 is 10.1 Å². The van der Waals surface area contributed by atoms with Crippen molar-refractivity contribution in [2.45, 2.75) is 57.7 Å². The molecule has 3 heterocycles. The molecule has 3 N–H and O–H groups in total. The van der Waals surface area contributed by atoms with Gasteiger partial charge in [0.1, 0.15) is 17.3 Å². The SMILES string of the molecule is C=CC(F)=C(C=CC)CN1CCCC(NC(C)(O)C2=Cc3c(-c4ccc5c(c4)CCO5)n[nH]c3C=CC2)CC1. The molecular weight excluding hydrogens is 491 g/mol. The van der Waals surface area contributed by atoms with E-state index in [0.717, 1.165) is 79.2 Å². The number of aromatic amines is 1. The molecule has 0 amide bonds. The Morgan fingerprint density at radius 1 is 1.36 bits per heavy atom. The fourth-order valence-electron chi connectivity index (χ4n) is 5.80. The average Bonchev–Trinajstić information content (AvgIpc) is 3.42. The number of likely N-dealkylation sites (tertiary alicyclic amines) is 1. The van der Waals surface area contributed by atoms with Gasteiger partial charge in [-0.1, -0.05) is 24.8 Å². The molecule has 2 unspecified atom stereocenters. The highest BCUT2D eigenvalue weighted by atomic mass is 19.1. The van der Waals surface area contributed by atoms with E-state index in [9.17, 15) is 9.50 Å². The number of hydrogen-bond donors (Lipinski definition) is 3. The molecule has 5 rings (SSSR count). The van der Waals surface area contributed by atoms with Gasteiger partial charge in [-0.3, -0.25) is 15.3 Å². The molecule has 206 valence electrons. The molecule has 3 aliphatic rings. The van der Waals surface area contributed by atoms with E-state index in [0.29, 0.717) is 18.5 Å². The first-order chi connectivity index (χ1) is 18.9. The predicted molar refractivity (Wildman–Crippen MR) is 156 cm³/mol. The third-order valence-electron chi connectivity index (χ3n) is 7.92. The first-order valence-electron chi connectivity index (χ1n) is 14.0. The average molecular weight is 531 g/mol. The van der Waals surface area contributed by atoms with E-state index in [4.69, 9.17) is 4.74 Å². The van der Waals surface area contributed by atoms with Gasteiger partial charge in [-0.25, -0.2) is 4.39 Å². The first-order valence-corrected chi connectivity index (χ1v) is 14.0. The molecule has 2 atom stereocenters. The van der Waals surface area contributed by atoms with Crippen molar-refractivity contribution in [3.05, 3.63) is 82.9 Å². The summed E-state index contributed by atoms with van der Waals surface area (Å²) >= 11 is 0. The van der Waals surface area contributed by atoms with Gasteiger partial charge in [-0.05, 0) is 100 Å². The Labute approximate surface area is 230 Å². The summed E-state index contributed by atoms with van der Waals surface area (Å²) in [5.74, 6) is 0.681. The fraction of sp³-hybridized carbons (Fsp3) is 0.406. The maximum Gasteiger partial charge on any atom is 0.136 e. The topological polar surface area (TPSA) is 73.4 Å². The van der Waals surface area contributed by atoms with Crippen LogP contribution in [0.3, 0.4) is 0 Å². The zero-order valence-corrected chi connectivity index (χ0v) is 23.0. The molecule has 1 saturated heterocycles. The molecule has 2 aromatic rings. The molecule has 7 heteroatoms. The van der Waals surface area contributed by atoms with Crippen molar-refractivity contribution < 1.29 is 14.2 Å². The maximum atomic E-state index is 14.3. The van der Waals surface area contributed by atoms with Gasteiger partial charge in [-0.15, -0.1) is 0 Å². The van der Waals surface area contributed by atoms with Gasteiger partial charge in [0.2, 0.25) is 0 Å². The Bertz CT molecular complexity index is 1330. The van der Waals surface area contributed by atoms with Gasteiger partial charge in [0, 0.05) is 35.7 Å². The Kier molecular flexibility index (Phi) is 8.31. The van der Waals surface area contributed by atoms with E-state index in [1.54, 1.807) is 0 Å². The summed E-state index contributed by atoms with van der Waals surface area (Å²) in [4.78, 5) is 2.29. The zero-order chi connectivity index (χ0) is 27.4. The number of aromatic nitrogens is 2. The summed E-state index contributed by atoms with van der Waals surface area (Å²) in [6.07, 6.45) is 15.5. The molecule has 0 bridgehead atoms. The summed E-state index contributed by atoms with van der Waals surface area (Å²) in [6, 6.07) is 6.38. The normalized spacial score (nSPS) is 21.7.